The van der Waals surface area contributed by atoms with E-state index in [0.717, 1.165) is 18.5 Å². The molecule has 2 N–H and O–H groups in total. The molecule has 0 spiro atoms. The number of hydrogen-bond acceptors (Lipinski definition) is 6. The molecule has 144 valence electrons. The van der Waals surface area contributed by atoms with E-state index in [1.807, 2.05) is 11.8 Å². The molecule has 1 aliphatic heterocycles. The molecule has 0 radical (unpaired) electrons. The minimum Gasteiger partial charge on any atom is -0.500 e. The zero-order valence-electron chi connectivity index (χ0n) is 15.2. The van der Waals surface area contributed by atoms with Gasteiger partial charge in [0, 0.05) is 30.3 Å². The third-order valence-electron chi connectivity index (χ3n) is 4.78. The van der Waals surface area contributed by atoms with E-state index in [-0.39, 0.29) is 18.1 Å². The quantitative estimate of drug-likeness (QED) is 0.448. The molecule has 2 aliphatic rings. The van der Waals surface area contributed by atoms with Crippen LogP contribution in [0.25, 0.3) is 0 Å². The van der Waals surface area contributed by atoms with Crippen molar-refractivity contribution in [1.82, 2.24) is 10.2 Å². The first-order chi connectivity index (χ1) is 12.9. The van der Waals surface area contributed by atoms with E-state index >= 15 is 0 Å². The number of carbonyl (C=O) groups excluding carboxylic acids is 1. The topological polar surface area (TPSA) is 105 Å². The zero-order chi connectivity index (χ0) is 19.7. The van der Waals surface area contributed by atoms with Crippen LogP contribution in [0.15, 0.2) is 23.4 Å². The summed E-state index contributed by atoms with van der Waals surface area (Å²) in [6, 6.07) is 2.19. The number of allylic oxidation sites excluding steroid dienone is 1. The molecule has 1 aromatic carbocycles. The van der Waals surface area contributed by atoms with E-state index in [1.54, 1.807) is 6.92 Å². The fourth-order valence-corrected chi connectivity index (χ4v) is 3.98. The Morgan fingerprint density at radius 3 is 2.78 bits per heavy atom. The van der Waals surface area contributed by atoms with Crippen LogP contribution < -0.4 is 10.1 Å². The SMILES string of the molecule is CCOc1cc(C2NC(=S)N(CC)C3=C2C(=O)CCC3)cc([N+](=O)[O-])c1O. The molecule has 1 aliphatic carbocycles. The van der Waals surface area contributed by atoms with Crippen LogP contribution in [0.2, 0.25) is 0 Å². The molecule has 1 unspecified atom stereocenters. The van der Waals surface area contributed by atoms with E-state index < -0.39 is 22.4 Å². The summed E-state index contributed by atoms with van der Waals surface area (Å²) in [4.78, 5) is 25.3. The first kappa shape index (κ1) is 19.1. The largest absolute Gasteiger partial charge is 0.500 e. The van der Waals surface area contributed by atoms with E-state index in [1.165, 1.54) is 12.1 Å². The van der Waals surface area contributed by atoms with Gasteiger partial charge in [0.1, 0.15) is 0 Å². The maximum atomic E-state index is 12.7. The number of nitrogens with one attached hydrogen (secondary N) is 1. The van der Waals surface area contributed by atoms with Crippen molar-refractivity contribution in [2.45, 2.75) is 39.2 Å². The van der Waals surface area contributed by atoms with Crippen molar-refractivity contribution < 1.29 is 19.6 Å². The third-order valence-corrected chi connectivity index (χ3v) is 5.12. The van der Waals surface area contributed by atoms with E-state index in [0.29, 0.717) is 29.2 Å². The first-order valence-corrected chi connectivity index (χ1v) is 9.28. The van der Waals surface area contributed by atoms with E-state index in [9.17, 15) is 20.0 Å². The van der Waals surface area contributed by atoms with Crippen molar-refractivity contribution in [3.05, 3.63) is 39.1 Å². The Balaban J connectivity index is 2.18. The highest BCUT2D eigenvalue weighted by Gasteiger charge is 2.38. The summed E-state index contributed by atoms with van der Waals surface area (Å²) >= 11 is 5.46. The van der Waals surface area contributed by atoms with Gasteiger partial charge in [-0.15, -0.1) is 0 Å². The predicted molar refractivity (Wildman–Crippen MR) is 103 cm³/mol. The van der Waals surface area contributed by atoms with Crippen molar-refractivity contribution in [2.24, 2.45) is 0 Å². The van der Waals surface area contributed by atoms with Crippen LogP contribution >= 0.6 is 12.2 Å². The molecule has 0 saturated heterocycles. The number of hydrogen-bond donors (Lipinski definition) is 2. The normalized spacial score (nSPS) is 19.6. The molecule has 0 saturated carbocycles. The van der Waals surface area contributed by atoms with Crippen LogP contribution in [-0.4, -0.2) is 39.0 Å². The Labute approximate surface area is 162 Å². The fraction of sp³-hybridized carbons (Fsp3) is 0.444. The number of ether oxygens (including phenoxy) is 1. The number of phenolic OH excluding ortho intramolecular Hbond substituents is 1. The van der Waals surface area contributed by atoms with Crippen molar-refractivity contribution in [3.8, 4) is 11.5 Å². The average Bonchev–Trinajstić information content (AvgIpc) is 2.63. The molecule has 0 amide bonds. The van der Waals surface area contributed by atoms with Gasteiger partial charge in [-0.1, -0.05) is 0 Å². The van der Waals surface area contributed by atoms with Gasteiger partial charge in [0.15, 0.2) is 16.6 Å². The number of rotatable bonds is 5. The number of nitro groups is 1. The first-order valence-electron chi connectivity index (χ1n) is 8.87. The molecule has 8 nitrogen and oxygen atoms in total. The van der Waals surface area contributed by atoms with Crippen LogP contribution in [0.1, 0.15) is 44.7 Å². The number of thiocarbonyl (C=S) groups is 1. The smallest absolute Gasteiger partial charge is 0.315 e. The second-order valence-corrected chi connectivity index (χ2v) is 6.73. The van der Waals surface area contributed by atoms with Gasteiger partial charge in [0.2, 0.25) is 5.75 Å². The average molecular weight is 391 g/mol. The molecule has 9 heteroatoms. The van der Waals surface area contributed by atoms with Crippen molar-refractivity contribution >= 4 is 28.8 Å². The molecule has 3 rings (SSSR count). The van der Waals surface area contributed by atoms with Gasteiger partial charge >= 0.3 is 5.69 Å². The Kier molecular flexibility index (Phi) is 5.31. The molecular formula is C18H21N3O5S. The van der Waals surface area contributed by atoms with Crippen LogP contribution in [0.3, 0.4) is 0 Å². The summed E-state index contributed by atoms with van der Waals surface area (Å²) < 4.78 is 5.36. The van der Waals surface area contributed by atoms with Gasteiger partial charge in [-0.25, -0.2) is 0 Å². The van der Waals surface area contributed by atoms with Crippen LogP contribution in [0, 0.1) is 10.1 Å². The number of nitro benzene ring substituents is 1. The fourth-order valence-electron chi connectivity index (χ4n) is 3.62. The summed E-state index contributed by atoms with van der Waals surface area (Å²) in [6.45, 7) is 4.54. The summed E-state index contributed by atoms with van der Waals surface area (Å²) in [5, 5.41) is 25.1. The Morgan fingerprint density at radius 2 is 2.15 bits per heavy atom. The minimum absolute atomic E-state index is 0.00314. The Bertz CT molecular complexity index is 852. The van der Waals surface area contributed by atoms with Gasteiger partial charge in [0.25, 0.3) is 0 Å². The standard InChI is InChI=1S/C18H21N3O5S/c1-3-20-11-6-5-7-13(22)15(11)16(19-18(20)27)10-8-12(21(24)25)17(23)14(9-10)26-4-2/h8-9,16,23H,3-7H2,1-2H3,(H,19,27). The maximum Gasteiger partial charge on any atom is 0.315 e. The Morgan fingerprint density at radius 1 is 1.41 bits per heavy atom. The molecule has 0 bridgehead atoms. The highest BCUT2D eigenvalue weighted by atomic mass is 32.1. The molecular weight excluding hydrogens is 370 g/mol. The number of phenols is 1. The minimum atomic E-state index is -0.668. The number of carbonyl (C=O) groups is 1. The number of ketones is 1. The van der Waals surface area contributed by atoms with E-state index in [2.05, 4.69) is 5.32 Å². The second-order valence-electron chi connectivity index (χ2n) is 6.34. The van der Waals surface area contributed by atoms with Gasteiger partial charge < -0.3 is 20.1 Å². The number of nitrogens with zero attached hydrogens (tertiary/aromatic N) is 2. The highest BCUT2D eigenvalue weighted by Crippen LogP contribution is 2.43. The molecule has 1 aromatic rings. The lowest BCUT2D eigenvalue weighted by molar-refractivity contribution is -0.386. The third kappa shape index (κ3) is 3.34. The summed E-state index contributed by atoms with van der Waals surface area (Å²) in [5.74, 6) is -0.510. The van der Waals surface area contributed by atoms with Crippen LogP contribution in [0.5, 0.6) is 11.5 Å². The van der Waals surface area contributed by atoms with Gasteiger partial charge in [-0.2, -0.15) is 0 Å². The molecule has 1 heterocycles. The van der Waals surface area contributed by atoms with Gasteiger partial charge in [-0.05, 0) is 50.5 Å². The summed E-state index contributed by atoms with van der Waals surface area (Å²) in [7, 11) is 0. The summed E-state index contributed by atoms with van der Waals surface area (Å²) in [6.07, 6.45) is 1.91. The van der Waals surface area contributed by atoms with Gasteiger partial charge in [-0.3, -0.25) is 14.9 Å². The monoisotopic (exact) mass is 391 g/mol. The van der Waals surface area contributed by atoms with Crippen molar-refractivity contribution in [2.75, 3.05) is 13.2 Å². The maximum absolute atomic E-state index is 12.7. The number of benzene rings is 1. The molecule has 27 heavy (non-hydrogen) atoms. The lowest BCUT2D eigenvalue weighted by Crippen LogP contribution is -2.49. The lowest BCUT2D eigenvalue weighted by atomic mass is 9.84. The number of aromatic hydroxyl groups is 1. The second kappa shape index (κ2) is 7.51. The number of Topliss-reactive ketones (excluding diaryl/α,β-unsaturated/α-hetero) is 1. The molecule has 1 atom stereocenters. The van der Waals surface area contributed by atoms with Crippen LogP contribution in [-0.2, 0) is 4.79 Å². The van der Waals surface area contributed by atoms with E-state index in [4.69, 9.17) is 17.0 Å². The van der Waals surface area contributed by atoms with Gasteiger partial charge in [0.05, 0.1) is 17.6 Å². The highest BCUT2D eigenvalue weighted by molar-refractivity contribution is 7.80. The van der Waals surface area contributed by atoms with Crippen molar-refractivity contribution in [1.29, 1.82) is 0 Å². The van der Waals surface area contributed by atoms with Crippen LogP contribution in [0.4, 0.5) is 5.69 Å². The lowest BCUT2D eigenvalue weighted by Gasteiger charge is -2.40. The predicted octanol–water partition coefficient (Wildman–Crippen LogP) is 2.96. The molecule has 0 fully saturated rings. The Hall–Kier alpha value is -2.68. The van der Waals surface area contributed by atoms with Crippen molar-refractivity contribution in [3.63, 3.8) is 0 Å². The zero-order valence-corrected chi connectivity index (χ0v) is 16.0. The summed E-state index contributed by atoms with van der Waals surface area (Å²) in [5.41, 5.74) is 1.45. The molecule has 0 aromatic heterocycles.